The van der Waals surface area contributed by atoms with Gasteiger partial charge in [0.05, 0.1) is 5.69 Å². The van der Waals surface area contributed by atoms with Gasteiger partial charge in [-0.2, -0.15) is 0 Å². The monoisotopic (exact) mass is 278 g/mol. The van der Waals surface area contributed by atoms with Gasteiger partial charge in [-0.3, -0.25) is 4.79 Å². The molecular weight excluding hydrogens is 260 g/mol. The van der Waals surface area contributed by atoms with Gasteiger partial charge in [-0.05, 0) is 19.4 Å². The molecule has 0 spiro atoms. The maximum absolute atomic E-state index is 12.4. The van der Waals surface area contributed by atoms with Crippen molar-refractivity contribution in [1.29, 1.82) is 0 Å². The number of aliphatic hydroxyl groups excluding tert-OH is 1. The fraction of sp³-hybridized carbons (Fsp3) is 0.357. The van der Waals surface area contributed by atoms with Gasteiger partial charge in [0.2, 0.25) is 0 Å². The topological polar surface area (TPSA) is 66.6 Å². The van der Waals surface area contributed by atoms with Crippen LogP contribution in [0.4, 0.5) is 5.69 Å². The van der Waals surface area contributed by atoms with Crippen LogP contribution in [0.15, 0.2) is 24.3 Å². The number of anilines is 1. The van der Waals surface area contributed by atoms with Crippen LogP contribution in [0, 0.1) is 0 Å². The van der Waals surface area contributed by atoms with E-state index in [4.69, 9.17) is 10.8 Å². The highest BCUT2D eigenvalue weighted by atomic mass is 32.1. The number of carbonyl (C=O) groups excluding carboxylic acids is 1. The Morgan fingerprint density at radius 2 is 2.16 bits per heavy atom. The highest BCUT2D eigenvalue weighted by Crippen LogP contribution is 2.34. The summed E-state index contributed by atoms with van der Waals surface area (Å²) in [5.74, 6) is -0.0466. The summed E-state index contributed by atoms with van der Waals surface area (Å²) in [6, 6.07) is 7.76. The van der Waals surface area contributed by atoms with E-state index in [1.807, 2.05) is 31.2 Å². The minimum absolute atomic E-state index is 0.0466. The van der Waals surface area contributed by atoms with Gasteiger partial charge in [-0.25, -0.2) is 0 Å². The first-order valence-corrected chi connectivity index (χ1v) is 7.17. The van der Waals surface area contributed by atoms with Crippen LogP contribution in [0.5, 0.6) is 0 Å². The Hall–Kier alpha value is -1.59. The third kappa shape index (κ3) is 2.72. The molecule has 0 bridgehead atoms. The first-order chi connectivity index (χ1) is 9.19. The standard InChI is InChI=1S/C14H18N2O2S/c1-2-16(8-5-9-17)14(18)13-12(15)10-6-3-4-7-11(10)19-13/h3-4,6-7,17H,2,5,8-9,15H2,1H3. The lowest BCUT2D eigenvalue weighted by Gasteiger charge is -2.19. The molecule has 1 heterocycles. The molecule has 3 N–H and O–H groups in total. The first kappa shape index (κ1) is 13.8. The number of hydrogen-bond acceptors (Lipinski definition) is 4. The average Bonchev–Trinajstić information content (AvgIpc) is 2.77. The van der Waals surface area contributed by atoms with E-state index in [9.17, 15) is 4.79 Å². The summed E-state index contributed by atoms with van der Waals surface area (Å²) in [6.45, 7) is 3.19. The number of nitrogens with zero attached hydrogens (tertiary/aromatic N) is 1. The molecule has 0 aliphatic heterocycles. The van der Waals surface area contributed by atoms with Crippen molar-refractivity contribution in [2.45, 2.75) is 13.3 Å². The van der Waals surface area contributed by atoms with Gasteiger partial charge < -0.3 is 15.7 Å². The highest BCUT2D eigenvalue weighted by molar-refractivity contribution is 7.21. The zero-order valence-corrected chi connectivity index (χ0v) is 11.7. The molecule has 102 valence electrons. The summed E-state index contributed by atoms with van der Waals surface area (Å²) in [4.78, 5) is 14.8. The molecule has 19 heavy (non-hydrogen) atoms. The van der Waals surface area contributed by atoms with E-state index in [2.05, 4.69) is 0 Å². The lowest BCUT2D eigenvalue weighted by Crippen LogP contribution is -2.32. The predicted octanol–water partition coefficient (Wildman–Crippen LogP) is 2.33. The molecule has 0 saturated carbocycles. The van der Waals surface area contributed by atoms with E-state index >= 15 is 0 Å². The smallest absolute Gasteiger partial charge is 0.266 e. The number of aliphatic hydroxyl groups is 1. The minimum atomic E-state index is -0.0466. The van der Waals surface area contributed by atoms with Crippen molar-refractivity contribution in [3.8, 4) is 0 Å². The van der Waals surface area contributed by atoms with Crippen molar-refractivity contribution in [1.82, 2.24) is 4.90 Å². The number of hydrogen-bond donors (Lipinski definition) is 2. The number of rotatable bonds is 5. The first-order valence-electron chi connectivity index (χ1n) is 6.36. The highest BCUT2D eigenvalue weighted by Gasteiger charge is 2.20. The second-order valence-corrected chi connectivity index (χ2v) is 5.36. The second-order valence-electron chi connectivity index (χ2n) is 4.30. The van der Waals surface area contributed by atoms with Crippen LogP contribution in [-0.4, -0.2) is 35.6 Å². The van der Waals surface area contributed by atoms with E-state index in [1.54, 1.807) is 4.90 Å². The largest absolute Gasteiger partial charge is 0.397 e. The maximum Gasteiger partial charge on any atom is 0.266 e. The van der Waals surface area contributed by atoms with Gasteiger partial charge in [0.15, 0.2) is 0 Å². The number of carbonyl (C=O) groups is 1. The minimum Gasteiger partial charge on any atom is -0.397 e. The second kappa shape index (κ2) is 6.04. The molecule has 1 aromatic heterocycles. The molecule has 4 nitrogen and oxygen atoms in total. The molecule has 0 aliphatic rings. The molecule has 1 amide bonds. The predicted molar refractivity (Wildman–Crippen MR) is 79.5 cm³/mol. The number of amides is 1. The van der Waals surface area contributed by atoms with Gasteiger partial charge in [-0.15, -0.1) is 11.3 Å². The van der Waals surface area contributed by atoms with E-state index in [0.717, 1.165) is 10.1 Å². The molecule has 2 aromatic rings. The Morgan fingerprint density at radius 3 is 2.79 bits per heavy atom. The van der Waals surface area contributed by atoms with E-state index in [0.29, 0.717) is 30.1 Å². The van der Waals surface area contributed by atoms with Gasteiger partial charge in [-0.1, -0.05) is 18.2 Å². The summed E-state index contributed by atoms with van der Waals surface area (Å²) < 4.78 is 1.03. The fourth-order valence-electron chi connectivity index (χ4n) is 2.03. The van der Waals surface area contributed by atoms with Crippen LogP contribution in [0.25, 0.3) is 10.1 Å². The number of fused-ring (bicyclic) bond motifs is 1. The third-order valence-electron chi connectivity index (χ3n) is 3.08. The number of thiophene rings is 1. The third-order valence-corrected chi connectivity index (χ3v) is 4.26. The molecule has 0 unspecified atom stereocenters. The summed E-state index contributed by atoms with van der Waals surface area (Å²) >= 11 is 1.43. The van der Waals surface area contributed by atoms with E-state index in [-0.39, 0.29) is 12.5 Å². The summed E-state index contributed by atoms with van der Waals surface area (Å²) in [7, 11) is 0. The summed E-state index contributed by atoms with van der Waals surface area (Å²) in [6.07, 6.45) is 0.588. The average molecular weight is 278 g/mol. The van der Waals surface area contributed by atoms with Crippen LogP contribution in [-0.2, 0) is 0 Å². The molecule has 0 fully saturated rings. The SMILES string of the molecule is CCN(CCCO)C(=O)c1sc2ccccc2c1N. The lowest BCUT2D eigenvalue weighted by molar-refractivity contribution is 0.0760. The molecule has 0 radical (unpaired) electrons. The number of nitrogen functional groups attached to an aromatic ring is 1. The summed E-state index contributed by atoms with van der Waals surface area (Å²) in [5.41, 5.74) is 6.64. The Kier molecular flexibility index (Phi) is 4.39. The van der Waals surface area contributed by atoms with Gasteiger partial charge in [0, 0.05) is 29.8 Å². The summed E-state index contributed by atoms with van der Waals surface area (Å²) in [5, 5.41) is 9.81. The van der Waals surface area contributed by atoms with Gasteiger partial charge >= 0.3 is 0 Å². The quantitative estimate of drug-likeness (QED) is 0.882. The Balaban J connectivity index is 2.32. The maximum atomic E-state index is 12.4. The van der Waals surface area contributed by atoms with Crippen LogP contribution >= 0.6 is 11.3 Å². The van der Waals surface area contributed by atoms with Crippen molar-refractivity contribution in [3.05, 3.63) is 29.1 Å². The van der Waals surface area contributed by atoms with Crippen LogP contribution in [0.3, 0.4) is 0 Å². The Bertz CT molecular complexity index is 580. The zero-order chi connectivity index (χ0) is 13.8. The zero-order valence-electron chi connectivity index (χ0n) is 10.9. The van der Waals surface area contributed by atoms with E-state index < -0.39 is 0 Å². The molecule has 0 aliphatic carbocycles. The number of benzene rings is 1. The van der Waals surface area contributed by atoms with Crippen molar-refractivity contribution >= 4 is 33.0 Å². The van der Waals surface area contributed by atoms with Crippen molar-refractivity contribution < 1.29 is 9.90 Å². The normalized spacial score (nSPS) is 10.8. The Labute approximate surface area is 116 Å². The van der Waals surface area contributed by atoms with Crippen molar-refractivity contribution in [2.75, 3.05) is 25.4 Å². The van der Waals surface area contributed by atoms with Crippen molar-refractivity contribution in [2.24, 2.45) is 0 Å². The van der Waals surface area contributed by atoms with Gasteiger partial charge in [0.1, 0.15) is 4.88 Å². The molecule has 0 saturated heterocycles. The van der Waals surface area contributed by atoms with Gasteiger partial charge in [0.25, 0.3) is 5.91 Å². The molecule has 2 rings (SSSR count). The number of nitrogens with two attached hydrogens (primary N) is 1. The molecule has 1 aromatic carbocycles. The van der Waals surface area contributed by atoms with Crippen molar-refractivity contribution in [3.63, 3.8) is 0 Å². The van der Waals surface area contributed by atoms with Crippen LogP contribution in [0.1, 0.15) is 23.0 Å². The molecule has 0 atom stereocenters. The van der Waals surface area contributed by atoms with Crippen LogP contribution < -0.4 is 5.73 Å². The molecule has 5 heteroatoms. The molecular formula is C14H18N2O2S. The lowest BCUT2D eigenvalue weighted by atomic mass is 10.2. The van der Waals surface area contributed by atoms with E-state index in [1.165, 1.54) is 11.3 Å². The Morgan fingerprint density at radius 1 is 1.42 bits per heavy atom. The van der Waals surface area contributed by atoms with Crippen LogP contribution in [0.2, 0.25) is 0 Å². The fourth-order valence-corrected chi connectivity index (χ4v) is 3.12.